The minimum atomic E-state index is -0.492. The first-order valence-corrected chi connectivity index (χ1v) is 11.6. The largest absolute Gasteiger partial charge is 0.390 e. The van der Waals surface area contributed by atoms with Crippen molar-refractivity contribution in [2.45, 2.75) is 97.5 Å². The smallest absolute Gasteiger partial charge is 0.120 e. The Labute approximate surface area is 166 Å². The Balaban J connectivity index is 1.57. The molecule has 1 N–H and O–H groups in total. The first kappa shape index (κ1) is 19.7. The van der Waals surface area contributed by atoms with E-state index in [1.54, 1.807) is 5.57 Å². The molecule has 4 rings (SSSR count). The van der Waals surface area contributed by atoms with Gasteiger partial charge in [-0.05, 0) is 105 Å². The number of allylic oxidation sites excluding steroid dienone is 1. The lowest BCUT2D eigenvalue weighted by atomic mass is 9.46. The van der Waals surface area contributed by atoms with Crippen LogP contribution in [0.3, 0.4) is 0 Å². The van der Waals surface area contributed by atoms with Crippen LogP contribution in [0.5, 0.6) is 0 Å². The minimum absolute atomic E-state index is 0.327. The molecule has 2 nitrogen and oxygen atoms in total. The number of rotatable bonds is 4. The first-order valence-electron chi connectivity index (χ1n) is 11.6. The maximum Gasteiger partial charge on any atom is 0.120 e. The van der Waals surface area contributed by atoms with E-state index in [4.69, 9.17) is 0 Å². The Bertz CT molecular complexity index is 620. The van der Waals surface area contributed by atoms with Crippen LogP contribution in [0.2, 0.25) is 0 Å². The lowest BCUT2D eigenvalue weighted by molar-refractivity contribution is -0.108. The van der Waals surface area contributed by atoms with Crippen LogP contribution in [0.25, 0.3) is 0 Å². The van der Waals surface area contributed by atoms with E-state index in [2.05, 4.69) is 26.8 Å². The molecule has 0 aliphatic heterocycles. The Hall–Kier alpha value is -0.630. The first-order chi connectivity index (χ1) is 12.7. The Morgan fingerprint density at radius 1 is 1.15 bits per heavy atom. The van der Waals surface area contributed by atoms with Crippen LogP contribution in [0.15, 0.2) is 11.6 Å². The Morgan fingerprint density at radius 3 is 2.67 bits per heavy atom. The van der Waals surface area contributed by atoms with Gasteiger partial charge in [0.2, 0.25) is 0 Å². The van der Waals surface area contributed by atoms with E-state index < -0.39 is 5.60 Å². The topological polar surface area (TPSA) is 37.3 Å². The van der Waals surface area contributed by atoms with Crippen molar-refractivity contribution in [3.8, 4) is 0 Å². The van der Waals surface area contributed by atoms with Crippen LogP contribution < -0.4 is 0 Å². The highest BCUT2D eigenvalue weighted by Crippen LogP contribution is 2.67. The summed E-state index contributed by atoms with van der Waals surface area (Å²) >= 11 is 0. The molecule has 0 bridgehead atoms. The Morgan fingerprint density at radius 2 is 1.93 bits per heavy atom. The summed E-state index contributed by atoms with van der Waals surface area (Å²) in [7, 11) is 0. The van der Waals surface area contributed by atoms with E-state index in [-0.39, 0.29) is 0 Å². The number of fused-ring (bicyclic) bond motifs is 5. The molecule has 0 heterocycles. The van der Waals surface area contributed by atoms with Crippen LogP contribution in [-0.4, -0.2) is 17.0 Å². The maximum absolute atomic E-state index is 10.9. The summed E-state index contributed by atoms with van der Waals surface area (Å²) in [5, 5.41) is 10.6. The van der Waals surface area contributed by atoms with Gasteiger partial charge in [0.05, 0.1) is 5.60 Å². The summed E-state index contributed by atoms with van der Waals surface area (Å²) in [6, 6.07) is 0. The van der Waals surface area contributed by atoms with E-state index in [1.165, 1.54) is 32.1 Å². The number of carbonyl (C=O) groups is 1. The van der Waals surface area contributed by atoms with Crippen molar-refractivity contribution in [2.75, 3.05) is 0 Å². The van der Waals surface area contributed by atoms with Crippen molar-refractivity contribution >= 4 is 6.29 Å². The molecule has 0 spiro atoms. The van der Waals surface area contributed by atoms with E-state index >= 15 is 0 Å². The van der Waals surface area contributed by atoms with E-state index in [1.807, 2.05) is 6.92 Å². The molecule has 0 amide bonds. The summed E-state index contributed by atoms with van der Waals surface area (Å²) in [5.74, 6) is 3.99. The second-order valence-corrected chi connectivity index (χ2v) is 11.4. The predicted octanol–water partition coefficient (Wildman–Crippen LogP) is 5.93. The van der Waals surface area contributed by atoms with Crippen LogP contribution >= 0.6 is 0 Å². The number of aldehydes is 1. The highest BCUT2D eigenvalue weighted by molar-refractivity contribution is 5.49. The SMILES string of the molecule is C[C@H](CCC=O)[C@H]1CCC2[C@@H]3CC=C4C[C@@](C)(O)CC[C@]4(C)C3CC[C@@]21C. The number of hydrogen-bond donors (Lipinski definition) is 1. The molecule has 0 saturated heterocycles. The zero-order valence-electron chi connectivity index (χ0n) is 18.0. The highest BCUT2D eigenvalue weighted by atomic mass is 16.3. The Kier molecular flexibility index (Phi) is 4.89. The summed E-state index contributed by atoms with van der Waals surface area (Å²) in [4.78, 5) is 10.9. The zero-order valence-corrected chi connectivity index (χ0v) is 18.0. The monoisotopic (exact) mass is 372 g/mol. The molecule has 3 saturated carbocycles. The van der Waals surface area contributed by atoms with Crippen molar-refractivity contribution in [1.82, 2.24) is 0 Å². The zero-order chi connectivity index (χ0) is 19.4. The quantitative estimate of drug-likeness (QED) is 0.490. The number of carbonyl (C=O) groups excluding carboxylic acids is 1. The van der Waals surface area contributed by atoms with Crippen LogP contribution in [0, 0.1) is 40.4 Å². The molecule has 2 unspecified atom stereocenters. The molecule has 8 atom stereocenters. The number of aliphatic hydroxyl groups is 1. The molecule has 152 valence electrons. The van der Waals surface area contributed by atoms with Crippen molar-refractivity contribution in [3.63, 3.8) is 0 Å². The van der Waals surface area contributed by atoms with Crippen LogP contribution in [-0.2, 0) is 4.79 Å². The van der Waals surface area contributed by atoms with Crippen molar-refractivity contribution in [1.29, 1.82) is 0 Å². The average Bonchev–Trinajstić information content (AvgIpc) is 2.97. The minimum Gasteiger partial charge on any atom is -0.390 e. The third-order valence-electron chi connectivity index (χ3n) is 9.88. The summed E-state index contributed by atoms with van der Waals surface area (Å²) in [5.41, 5.74) is 1.88. The maximum atomic E-state index is 10.9. The molecule has 2 heteroatoms. The van der Waals surface area contributed by atoms with Crippen LogP contribution in [0.4, 0.5) is 0 Å². The fraction of sp³-hybridized carbons (Fsp3) is 0.880. The van der Waals surface area contributed by atoms with Gasteiger partial charge in [0.25, 0.3) is 0 Å². The van der Waals surface area contributed by atoms with Crippen LogP contribution in [0.1, 0.15) is 91.9 Å². The average molecular weight is 373 g/mol. The molecule has 4 aliphatic rings. The molecule has 27 heavy (non-hydrogen) atoms. The number of hydrogen-bond acceptors (Lipinski definition) is 2. The summed E-state index contributed by atoms with van der Waals surface area (Å²) in [6.45, 7) is 9.54. The molecular formula is C25H40O2. The van der Waals surface area contributed by atoms with Gasteiger partial charge in [-0.25, -0.2) is 0 Å². The lowest BCUT2D eigenvalue weighted by Crippen LogP contribution is -2.52. The fourth-order valence-electron chi connectivity index (χ4n) is 8.31. The molecule has 0 aromatic carbocycles. The predicted molar refractivity (Wildman–Crippen MR) is 110 cm³/mol. The van der Waals surface area contributed by atoms with Gasteiger partial charge in [-0.3, -0.25) is 0 Å². The van der Waals surface area contributed by atoms with Crippen molar-refractivity contribution in [2.24, 2.45) is 40.4 Å². The van der Waals surface area contributed by atoms with Gasteiger partial charge >= 0.3 is 0 Å². The second-order valence-electron chi connectivity index (χ2n) is 11.4. The molecule has 0 aromatic rings. The third-order valence-corrected chi connectivity index (χ3v) is 9.88. The van der Waals surface area contributed by atoms with E-state index in [0.29, 0.717) is 16.7 Å². The molecule has 0 aromatic heterocycles. The third kappa shape index (κ3) is 3.05. The molecular weight excluding hydrogens is 332 g/mol. The highest BCUT2D eigenvalue weighted by Gasteiger charge is 2.59. The van der Waals surface area contributed by atoms with Gasteiger partial charge in [-0.1, -0.05) is 32.4 Å². The summed E-state index contributed by atoms with van der Waals surface area (Å²) < 4.78 is 0. The molecule has 0 radical (unpaired) electrons. The summed E-state index contributed by atoms with van der Waals surface area (Å²) in [6.07, 6.45) is 15.2. The fourth-order valence-corrected chi connectivity index (χ4v) is 8.31. The van der Waals surface area contributed by atoms with Gasteiger partial charge in [-0.15, -0.1) is 0 Å². The second kappa shape index (κ2) is 6.71. The van der Waals surface area contributed by atoms with Crippen molar-refractivity contribution < 1.29 is 9.90 Å². The van der Waals surface area contributed by atoms with Gasteiger partial charge in [0, 0.05) is 6.42 Å². The van der Waals surface area contributed by atoms with Gasteiger partial charge in [0.15, 0.2) is 0 Å². The van der Waals surface area contributed by atoms with Crippen molar-refractivity contribution in [3.05, 3.63) is 11.6 Å². The van der Waals surface area contributed by atoms with E-state index in [0.717, 1.165) is 62.1 Å². The van der Waals surface area contributed by atoms with E-state index in [9.17, 15) is 9.90 Å². The normalized spacial score (nSPS) is 50.2. The lowest BCUT2D eigenvalue weighted by Gasteiger charge is -2.59. The molecule has 3 fully saturated rings. The van der Waals surface area contributed by atoms with Gasteiger partial charge in [0.1, 0.15) is 6.29 Å². The standard InChI is InChI=1S/C25H40O2/c1-17(6-5-15-26)20-9-10-21-19-8-7-18-16-23(2,27)13-14-24(18,3)22(19)11-12-25(20,21)4/h7,15,17,19-22,27H,5-6,8-14,16H2,1-4H3/t17-,19+,20-,21?,22?,23+,24+,25-/m1/s1. The molecule has 4 aliphatic carbocycles. The van der Waals surface area contributed by atoms with Gasteiger partial charge in [-0.2, -0.15) is 0 Å². The van der Waals surface area contributed by atoms with Gasteiger partial charge < -0.3 is 9.90 Å².